The van der Waals surface area contributed by atoms with E-state index in [0.29, 0.717) is 93.7 Å². The summed E-state index contributed by atoms with van der Waals surface area (Å²) in [4.78, 5) is 211. The van der Waals surface area contributed by atoms with Gasteiger partial charge in [0.25, 0.3) is 5.91 Å². The van der Waals surface area contributed by atoms with Gasteiger partial charge in [0.1, 0.15) is 24.4 Å². The molecule has 4 aromatic heterocycles. The van der Waals surface area contributed by atoms with Crippen molar-refractivity contribution in [1.82, 2.24) is 5.32 Å². The summed E-state index contributed by atoms with van der Waals surface area (Å²) < 4.78 is 81.2. The molecule has 19 rings (SSSR count). The SMILES string of the molecule is COC(=O)[C@@H]1C[C@@H](OC(=O)c2ccccc2)C(=O)[C@H]2[C@@]1(C)CC[C@H]1C(=O)O[C@H](c3ccoc3)C[C@]21C.COC(=O)[C@@H]1C[C@H](NC(=O)c2ccccc2)C(=O)[C@H]2[C@@]1(C)CC[C@H]1C(=O)O[C@H](c3ccoc3)C[C@]21C.COC(=O)[C@@H]1C[C@H](OC(=O)c2ccccc2)C(=O)[C@H]2[C@@]1(C)CC[C@H]1C(=O)O[C@H](c3ccoc3)C[C@]21C.COC(=O)[C@@H]1C[C@H](OC(C)=O)C(=O)[C@H]2[C@@]1(C)CC[C@H]1C(=O)O[C@H](c3ccoc3)C[C@]21C. The third-order valence-electron chi connectivity index (χ3n) is 34.2. The van der Waals surface area contributed by atoms with Crippen LogP contribution in [0.2, 0.25) is 0 Å². The Kier molecular flexibility index (Phi) is 27.6. The van der Waals surface area contributed by atoms with Crippen molar-refractivity contribution in [3.63, 3.8) is 0 Å². The van der Waals surface area contributed by atoms with Gasteiger partial charge >= 0.3 is 65.7 Å². The molecule has 3 aromatic carbocycles. The molecule has 32 heteroatoms. The van der Waals surface area contributed by atoms with Gasteiger partial charge in [0, 0.05) is 77.7 Å². The van der Waals surface area contributed by atoms with Crippen molar-refractivity contribution in [1.29, 1.82) is 0 Å². The van der Waals surface area contributed by atoms with Crippen LogP contribution in [0, 0.1) is 114 Å². The van der Waals surface area contributed by atoms with Gasteiger partial charge in [-0.05, 0) is 187 Å². The number of nitrogens with one attached hydrogen (secondary N) is 1. The number of cyclic esters (lactones) is 4. The summed E-state index contributed by atoms with van der Waals surface area (Å²) in [5, 5.41) is 2.88. The molecule has 32 nitrogen and oxygen atoms in total. The summed E-state index contributed by atoms with van der Waals surface area (Å²) in [6.45, 7) is 16.7. The molecule has 7 aromatic rings. The summed E-state index contributed by atoms with van der Waals surface area (Å²) in [6, 6.07) is 31.6. The van der Waals surface area contributed by atoms with Crippen molar-refractivity contribution < 1.29 is 146 Å². The van der Waals surface area contributed by atoms with E-state index in [2.05, 4.69) is 5.32 Å². The molecule has 12 aliphatic rings. The molecule has 0 spiro atoms. The zero-order chi connectivity index (χ0) is 99.5. The lowest BCUT2D eigenvalue weighted by Gasteiger charge is -2.61. The predicted octanol–water partition coefficient (Wildman–Crippen LogP) is 15.5. The van der Waals surface area contributed by atoms with Crippen LogP contribution in [0.5, 0.6) is 0 Å². The fraction of sp³-hybridized carbons (Fsp3) is 0.533. The first-order valence-electron chi connectivity index (χ1n) is 47.6. The molecule has 4 aliphatic heterocycles. The molecule has 1 N–H and O–H groups in total. The van der Waals surface area contributed by atoms with Gasteiger partial charge in [-0.3, -0.25) is 67.1 Å². The van der Waals surface area contributed by atoms with Gasteiger partial charge < -0.3 is 75.1 Å². The van der Waals surface area contributed by atoms with Crippen molar-refractivity contribution >= 4 is 94.7 Å². The minimum absolute atomic E-state index is 0.0490. The molecule has 4 saturated heterocycles. The zero-order valence-corrected chi connectivity index (χ0v) is 80.1. The number of Topliss-reactive ketones (excluding diaryl/α,β-unsaturated/α-hetero) is 4. The summed E-state index contributed by atoms with van der Waals surface area (Å²) in [7, 11) is 5.30. The number of methoxy groups -OCH3 is 4. The minimum atomic E-state index is -1.12. The van der Waals surface area contributed by atoms with Crippen molar-refractivity contribution in [3.8, 4) is 0 Å². The van der Waals surface area contributed by atoms with Crippen molar-refractivity contribution in [2.75, 3.05) is 28.4 Å². The van der Waals surface area contributed by atoms with E-state index in [9.17, 15) is 76.7 Å². The molecule has 738 valence electrons. The van der Waals surface area contributed by atoms with E-state index in [1.807, 2.05) is 61.5 Å². The Morgan fingerprint density at radius 2 is 0.568 bits per heavy atom. The number of rotatable bonds is 15. The maximum atomic E-state index is 14.2. The topological polar surface area (TPSA) is 439 Å². The molecule has 12 fully saturated rings. The molecule has 8 heterocycles. The Bertz CT molecular complexity index is 5390. The highest BCUT2D eigenvalue weighted by molar-refractivity contribution is 6.02. The standard InChI is InChI=1S/C28H31NO7.2C28H30O8.C23H28O8/c1-27-11-9-18-26(33)36-21(17-10-12-35-15-17)14-28(18,2)23(27)22(30)20(13-19(27)25(32)34-3)29-24(31)16-7-5-4-6-8-16;2*1-27-11-9-18-26(32)36-21(17-10-12-34-15-17)14-28(18,2)23(27)22(29)20(13-19(27)25(31)33-3)35-24(30)16-7-5-4-6-8-16;1-12(24)30-16-9-15(20(26)28-4)22(2)7-5-14-21(27)31-17(13-6-8-29-11-13)10-23(14,3)19(22)18(16)25/h4-8,10,12,15,18-21,23H,9,11,13-14H2,1-3H3,(H,29,31);2*4-8,10,12,15,18-21,23H,9,11,13-14H2,1-3H3;6,8,11,14-17,19H,5,7,9-10H2,1-4H3/t18-,19-,20-,21-,23-,27-,28-;18-,19-,20+,21-,23-,27-,28-;18-,19-,20-,21-,23-,27-,28-;14-,15-,16-,17-,19-,22-,23-/m0000/s1. The first-order valence-corrected chi connectivity index (χ1v) is 47.6. The van der Waals surface area contributed by atoms with Crippen LogP contribution in [0.3, 0.4) is 0 Å². The highest BCUT2D eigenvalue weighted by Gasteiger charge is 2.73. The molecule has 0 radical (unpaired) electrons. The van der Waals surface area contributed by atoms with Crippen LogP contribution < -0.4 is 5.32 Å². The van der Waals surface area contributed by atoms with Crippen LogP contribution in [-0.4, -0.2) is 147 Å². The van der Waals surface area contributed by atoms with Crippen LogP contribution in [-0.2, 0) is 114 Å². The van der Waals surface area contributed by atoms with Crippen molar-refractivity contribution in [2.24, 2.45) is 114 Å². The molecular formula is C107H119NO31. The lowest BCUT2D eigenvalue weighted by molar-refractivity contribution is -0.211. The lowest BCUT2D eigenvalue weighted by atomic mass is 9.43. The number of furan rings is 4. The van der Waals surface area contributed by atoms with Crippen LogP contribution in [0.4, 0.5) is 0 Å². The number of ether oxygens (including phenoxy) is 11. The number of esters is 11. The Morgan fingerprint density at radius 1 is 0.317 bits per heavy atom. The number of carbonyl (C=O) groups excluding carboxylic acids is 16. The Hall–Kier alpha value is -12.9. The number of hydrogen-bond donors (Lipinski definition) is 1. The van der Waals surface area contributed by atoms with E-state index < -0.39 is 205 Å². The van der Waals surface area contributed by atoms with Crippen LogP contribution >= 0.6 is 0 Å². The molecule has 8 aliphatic carbocycles. The van der Waals surface area contributed by atoms with Gasteiger partial charge in [-0.2, -0.15) is 0 Å². The van der Waals surface area contributed by atoms with E-state index in [1.165, 1.54) is 79.2 Å². The van der Waals surface area contributed by atoms with Gasteiger partial charge in [0.2, 0.25) is 0 Å². The Labute approximate surface area is 803 Å². The number of benzene rings is 3. The first kappa shape index (κ1) is 99.1. The maximum absolute atomic E-state index is 14.2. The van der Waals surface area contributed by atoms with E-state index in [-0.39, 0.29) is 78.6 Å². The largest absolute Gasteiger partial charge is 0.472 e. The molecular weight excluding hydrogens is 1800 g/mol. The summed E-state index contributed by atoms with van der Waals surface area (Å²) in [5.41, 5.74) is -2.16. The van der Waals surface area contributed by atoms with Gasteiger partial charge in [-0.25, -0.2) is 9.59 Å². The number of carbonyl (C=O) groups is 16. The summed E-state index contributed by atoms with van der Waals surface area (Å²) in [6.07, 6.45) is 12.6. The van der Waals surface area contributed by atoms with Gasteiger partial charge in [-0.1, -0.05) is 110 Å². The van der Waals surface area contributed by atoms with E-state index in [0.717, 1.165) is 22.3 Å². The molecule has 8 saturated carbocycles. The van der Waals surface area contributed by atoms with Crippen LogP contribution in [0.25, 0.3) is 0 Å². The summed E-state index contributed by atoms with van der Waals surface area (Å²) in [5.74, 6) is -13.5. The second-order valence-electron chi connectivity index (χ2n) is 41.8. The Morgan fingerprint density at radius 3 is 0.820 bits per heavy atom. The second kappa shape index (κ2) is 38.7. The van der Waals surface area contributed by atoms with Gasteiger partial charge in [0.05, 0.1) is 143 Å². The quantitative estimate of drug-likeness (QED) is 0.0735. The average Bonchev–Trinajstić information content (AvgIpc) is 1.08. The van der Waals surface area contributed by atoms with Crippen LogP contribution in [0.15, 0.2) is 183 Å². The predicted molar refractivity (Wildman–Crippen MR) is 483 cm³/mol. The summed E-state index contributed by atoms with van der Waals surface area (Å²) >= 11 is 0. The molecule has 0 bridgehead atoms. The Balaban J connectivity index is 0.000000134. The number of hydrogen-bond acceptors (Lipinski definition) is 31. The van der Waals surface area contributed by atoms with Crippen molar-refractivity contribution in [3.05, 3.63) is 204 Å². The second-order valence-corrected chi connectivity index (χ2v) is 41.8. The van der Waals surface area contributed by atoms with Crippen LogP contribution in [0.1, 0.15) is 243 Å². The van der Waals surface area contributed by atoms with E-state index in [1.54, 1.807) is 115 Å². The normalized spacial score (nSPS) is 36.6. The molecule has 139 heavy (non-hydrogen) atoms. The maximum Gasteiger partial charge on any atom is 0.338 e. The fourth-order valence-corrected chi connectivity index (χ4v) is 27.7. The van der Waals surface area contributed by atoms with Crippen molar-refractivity contribution in [2.45, 2.75) is 214 Å². The molecule has 1 amide bonds. The monoisotopic (exact) mass is 1910 g/mol. The highest BCUT2D eigenvalue weighted by atomic mass is 16.6. The van der Waals surface area contributed by atoms with E-state index in [4.69, 9.17) is 69.8 Å². The zero-order valence-electron chi connectivity index (χ0n) is 80.1. The van der Waals surface area contributed by atoms with Gasteiger partial charge in [-0.15, -0.1) is 0 Å². The number of fused-ring (bicyclic) bond motifs is 12. The first-order chi connectivity index (χ1) is 66.2. The minimum Gasteiger partial charge on any atom is -0.472 e. The third-order valence-corrected chi connectivity index (χ3v) is 34.2. The number of ketones is 4. The van der Waals surface area contributed by atoms with E-state index >= 15 is 0 Å². The third kappa shape index (κ3) is 17.7. The smallest absolute Gasteiger partial charge is 0.338 e. The molecule has 0 unspecified atom stereocenters. The fourth-order valence-electron chi connectivity index (χ4n) is 27.7. The van der Waals surface area contributed by atoms with Gasteiger partial charge in [0.15, 0.2) is 41.4 Å². The highest BCUT2D eigenvalue weighted by Crippen LogP contribution is 2.71. The molecule has 28 atom stereocenters. The average molecular weight is 1920 g/mol. The lowest BCUT2D eigenvalue weighted by Crippen LogP contribution is -2.66. The number of amides is 1.